The van der Waals surface area contributed by atoms with Gasteiger partial charge in [0.25, 0.3) is 10.0 Å². The summed E-state index contributed by atoms with van der Waals surface area (Å²) in [6, 6.07) is 1.43. The molecule has 0 fully saturated rings. The summed E-state index contributed by atoms with van der Waals surface area (Å²) in [6.45, 7) is 1.75. The third-order valence-electron chi connectivity index (χ3n) is 2.33. The van der Waals surface area contributed by atoms with E-state index in [2.05, 4.69) is 26.5 Å². The summed E-state index contributed by atoms with van der Waals surface area (Å²) in [5.74, 6) is 5.47. The fourth-order valence-corrected chi connectivity index (χ4v) is 3.36. The van der Waals surface area contributed by atoms with Gasteiger partial charge in [-0.2, -0.15) is 0 Å². The summed E-state index contributed by atoms with van der Waals surface area (Å²) in [6.07, 6.45) is 3.05. The third kappa shape index (κ3) is 4.26. The average Bonchev–Trinajstić information content (AvgIpc) is 2.84. The van der Waals surface area contributed by atoms with Crippen molar-refractivity contribution in [3.8, 4) is 11.8 Å². The number of aromatic nitrogens is 2. The molecule has 0 aliphatic carbocycles. The molecule has 2 heterocycles. The lowest BCUT2D eigenvalue weighted by atomic mass is 10.3. The average molecular weight is 323 g/mol. The second-order valence-electron chi connectivity index (χ2n) is 4.08. The number of nitrogens with one attached hydrogen (secondary N) is 1. The van der Waals surface area contributed by atoms with Gasteiger partial charge in [-0.1, -0.05) is 11.8 Å². The number of aliphatic hydroxyl groups excluding tert-OH is 1. The van der Waals surface area contributed by atoms with Gasteiger partial charge in [0.2, 0.25) is 0 Å². The van der Waals surface area contributed by atoms with E-state index in [1.165, 1.54) is 29.8 Å². The molecular formula is C13H13N3O3S2. The second kappa shape index (κ2) is 6.67. The van der Waals surface area contributed by atoms with Crippen molar-refractivity contribution < 1.29 is 13.5 Å². The number of thiazole rings is 1. The quantitative estimate of drug-likeness (QED) is 0.829. The molecule has 0 amide bonds. The Morgan fingerprint density at radius 3 is 2.90 bits per heavy atom. The minimum Gasteiger partial charge on any atom is -0.395 e. The zero-order valence-electron chi connectivity index (χ0n) is 11.2. The number of hydrogen-bond donors (Lipinski definition) is 2. The van der Waals surface area contributed by atoms with Crippen molar-refractivity contribution in [2.45, 2.75) is 18.2 Å². The van der Waals surface area contributed by atoms with Crippen LogP contribution in [0.15, 0.2) is 28.7 Å². The van der Waals surface area contributed by atoms with E-state index in [4.69, 9.17) is 5.11 Å². The van der Waals surface area contributed by atoms with Crippen molar-refractivity contribution in [1.82, 2.24) is 9.97 Å². The van der Waals surface area contributed by atoms with Crippen LogP contribution in [0, 0.1) is 18.8 Å². The van der Waals surface area contributed by atoms with Gasteiger partial charge >= 0.3 is 0 Å². The molecule has 2 aromatic rings. The lowest BCUT2D eigenvalue weighted by Gasteiger charge is -2.04. The van der Waals surface area contributed by atoms with Crippen molar-refractivity contribution >= 4 is 26.5 Å². The Hall–Kier alpha value is -1.95. The molecule has 110 valence electrons. The largest absolute Gasteiger partial charge is 0.395 e. The molecule has 0 aliphatic rings. The molecule has 8 heteroatoms. The van der Waals surface area contributed by atoms with E-state index in [0.29, 0.717) is 17.1 Å². The van der Waals surface area contributed by atoms with E-state index in [1.54, 1.807) is 12.3 Å². The van der Waals surface area contributed by atoms with Crippen LogP contribution >= 0.6 is 11.3 Å². The van der Waals surface area contributed by atoms with Crippen LogP contribution in [-0.2, 0) is 10.0 Å². The number of aryl methyl sites for hydroxylation is 1. The van der Waals surface area contributed by atoms with Crippen LogP contribution in [0.2, 0.25) is 0 Å². The number of sulfonamides is 1. The summed E-state index contributed by atoms with van der Waals surface area (Å²) < 4.78 is 26.8. The molecule has 2 N–H and O–H groups in total. The summed E-state index contributed by atoms with van der Waals surface area (Å²) in [5, 5.41) is 10.7. The third-order valence-corrected chi connectivity index (χ3v) is 4.64. The lowest BCUT2D eigenvalue weighted by molar-refractivity contribution is 0.305. The molecule has 6 nitrogen and oxygen atoms in total. The highest BCUT2D eigenvalue weighted by atomic mass is 32.2. The molecule has 0 saturated carbocycles. The van der Waals surface area contributed by atoms with E-state index in [9.17, 15) is 8.42 Å². The van der Waals surface area contributed by atoms with E-state index in [0.717, 1.165) is 5.69 Å². The smallest absolute Gasteiger partial charge is 0.265 e. The molecule has 0 radical (unpaired) electrons. The van der Waals surface area contributed by atoms with Crippen LogP contribution in [0.25, 0.3) is 0 Å². The van der Waals surface area contributed by atoms with Gasteiger partial charge in [0.05, 0.1) is 12.3 Å². The molecule has 0 saturated heterocycles. The fourth-order valence-electron chi connectivity index (χ4n) is 1.43. The second-order valence-corrected chi connectivity index (χ2v) is 6.62. The van der Waals surface area contributed by atoms with Gasteiger partial charge in [-0.05, 0) is 13.0 Å². The number of aliphatic hydroxyl groups is 1. The van der Waals surface area contributed by atoms with Crippen LogP contribution in [0.1, 0.15) is 17.7 Å². The number of hydrogen-bond acceptors (Lipinski definition) is 6. The highest BCUT2D eigenvalue weighted by Gasteiger charge is 2.16. The maximum Gasteiger partial charge on any atom is 0.265 e. The molecule has 0 unspecified atom stereocenters. The van der Waals surface area contributed by atoms with Crippen molar-refractivity contribution in [1.29, 1.82) is 0 Å². The Morgan fingerprint density at radius 2 is 2.24 bits per heavy atom. The number of rotatable bonds is 4. The van der Waals surface area contributed by atoms with E-state index < -0.39 is 10.0 Å². The molecule has 0 aliphatic heterocycles. The first-order valence-electron chi connectivity index (χ1n) is 6.01. The van der Waals surface area contributed by atoms with Gasteiger partial charge < -0.3 is 5.11 Å². The number of pyridine rings is 1. The maximum atomic E-state index is 12.2. The minimum atomic E-state index is -3.73. The molecule has 0 aromatic carbocycles. The zero-order chi connectivity index (χ0) is 15.3. The van der Waals surface area contributed by atoms with Gasteiger partial charge in [-0.15, -0.1) is 11.3 Å². The molecular weight excluding hydrogens is 310 g/mol. The Bertz CT molecular complexity index is 788. The molecule has 21 heavy (non-hydrogen) atoms. The van der Waals surface area contributed by atoms with Gasteiger partial charge in [0, 0.05) is 29.8 Å². The van der Waals surface area contributed by atoms with Crippen LogP contribution in [0.5, 0.6) is 0 Å². The highest BCUT2D eigenvalue weighted by molar-refractivity contribution is 7.93. The molecule has 0 spiro atoms. The van der Waals surface area contributed by atoms with Gasteiger partial charge in [-0.25, -0.2) is 13.4 Å². The van der Waals surface area contributed by atoms with E-state index in [-0.39, 0.29) is 11.5 Å². The Labute approximate surface area is 126 Å². The Kier molecular flexibility index (Phi) is 4.90. The number of nitrogens with zero attached hydrogens (tertiary/aromatic N) is 2. The van der Waals surface area contributed by atoms with Crippen LogP contribution in [-0.4, -0.2) is 30.1 Å². The van der Waals surface area contributed by atoms with Gasteiger partial charge in [0.1, 0.15) is 4.90 Å². The molecule has 2 aromatic heterocycles. The van der Waals surface area contributed by atoms with Crippen molar-refractivity contribution in [3.05, 3.63) is 35.1 Å². The first-order chi connectivity index (χ1) is 10.0. The number of anilines is 1. The summed E-state index contributed by atoms with van der Waals surface area (Å²) in [4.78, 5) is 7.95. The Morgan fingerprint density at radius 1 is 1.43 bits per heavy atom. The SMILES string of the molecule is Cc1csc(NS(=O)(=O)c2cncc(C#CCCO)c2)n1. The van der Waals surface area contributed by atoms with Gasteiger partial charge in [-0.3, -0.25) is 9.71 Å². The first-order valence-corrected chi connectivity index (χ1v) is 8.37. The standard InChI is InChI=1S/C13H13N3O3S2/c1-10-9-20-13(15-10)16-21(18,19)12-6-11(7-14-8-12)4-2-3-5-17/h6-9,17H,3,5H2,1H3,(H,15,16). The first kappa shape index (κ1) is 15.4. The maximum absolute atomic E-state index is 12.2. The molecule has 2 rings (SSSR count). The van der Waals surface area contributed by atoms with Crippen LogP contribution in [0.3, 0.4) is 0 Å². The molecule has 0 atom stereocenters. The zero-order valence-corrected chi connectivity index (χ0v) is 12.8. The summed E-state index contributed by atoms with van der Waals surface area (Å²) in [7, 11) is -3.73. The van der Waals surface area contributed by atoms with Crippen molar-refractivity contribution in [2.75, 3.05) is 11.3 Å². The van der Waals surface area contributed by atoms with Crippen molar-refractivity contribution in [3.63, 3.8) is 0 Å². The normalized spacial score (nSPS) is 10.8. The van der Waals surface area contributed by atoms with Crippen molar-refractivity contribution in [2.24, 2.45) is 0 Å². The monoisotopic (exact) mass is 323 g/mol. The molecule has 0 bridgehead atoms. The van der Waals surface area contributed by atoms with E-state index in [1.807, 2.05) is 0 Å². The minimum absolute atomic E-state index is 0.0196. The van der Waals surface area contributed by atoms with E-state index >= 15 is 0 Å². The summed E-state index contributed by atoms with van der Waals surface area (Å²) >= 11 is 1.21. The topological polar surface area (TPSA) is 92.2 Å². The van der Waals surface area contributed by atoms with Gasteiger partial charge in [0.15, 0.2) is 5.13 Å². The lowest BCUT2D eigenvalue weighted by Crippen LogP contribution is -2.13. The predicted molar refractivity (Wildman–Crippen MR) is 80.5 cm³/mol. The fraction of sp³-hybridized carbons (Fsp3) is 0.231. The predicted octanol–water partition coefficient (Wildman–Crippen LogP) is 1.38. The van der Waals surface area contributed by atoms with Crippen LogP contribution < -0.4 is 4.72 Å². The highest BCUT2D eigenvalue weighted by Crippen LogP contribution is 2.19. The Balaban J connectivity index is 2.24. The summed E-state index contributed by atoms with van der Waals surface area (Å²) in [5.41, 5.74) is 1.22. The van der Waals surface area contributed by atoms with Crippen LogP contribution in [0.4, 0.5) is 5.13 Å².